The second-order valence-corrected chi connectivity index (χ2v) is 6.01. The van der Waals surface area contributed by atoms with Crippen molar-refractivity contribution in [1.82, 2.24) is 5.32 Å². The molecule has 2 aromatic rings. The minimum atomic E-state index is -0.313. The molecule has 0 unspecified atom stereocenters. The van der Waals surface area contributed by atoms with E-state index in [9.17, 15) is 9.18 Å². The van der Waals surface area contributed by atoms with Crippen molar-refractivity contribution >= 4 is 17.7 Å². The van der Waals surface area contributed by atoms with Crippen molar-refractivity contribution < 1.29 is 18.7 Å². The SMILES string of the molecule is O=C(CSc1ccc2c(c1)OCCO2)NCc1ccccc1F. The largest absolute Gasteiger partial charge is 0.486 e. The molecule has 0 saturated heterocycles. The lowest BCUT2D eigenvalue weighted by atomic mass is 10.2. The van der Waals surface area contributed by atoms with Crippen molar-refractivity contribution in [2.45, 2.75) is 11.4 Å². The molecule has 1 heterocycles. The van der Waals surface area contributed by atoms with Gasteiger partial charge in [-0.25, -0.2) is 4.39 Å². The first-order chi connectivity index (χ1) is 11.2. The third-order valence-corrected chi connectivity index (χ3v) is 4.31. The molecule has 3 rings (SSSR count). The zero-order valence-electron chi connectivity index (χ0n) is 12.4. The summed E-state index contributed by atoms with van der Waals surface area (Å²) in [5.74, 6) is 1.23. The average Bonchev–Trinajstić information content (AvgIpc) is 2.59. The highest BCUT2D eigenvalue weighted by Crippen LogP contribution is 2.34. The Kier molecular flexibility index (Phi) is 5.02. The molecular formula is C17H16FNO3S. The van der Waals surface area contributed by atoms with Crippen LogP contribution in [0.3, 0.4) is 0 Å². The third kappa shape index (κ3) is 4.16. The van der Waals surface area contributed by atoms with Gasteiger partial charge in [0.05, 0.1) is 5.75 Å². The maximum atomic E-state index is 13.5. The van der Waals surface area contributed by atoms with Crippen molar-refractivity contribution in [1.29, 1.82) is 0 Å². The molecule has 0 bridgehead atoms. The van der Waals surface area contributed by atoms with Crippen LogP contribution in [0.5, 0.6) is 11.5 Å². The smallest absolute Gasteiger partial charge is 0.230 e. The molecule has 1 amide bonds. The van der Waals surface area contributed by atoms with Crippen LogP contribution in [0.25, 0.3) is 0 Å². The van der Waals surface area contributed by atoms with Gasteiger partial charge in [0.15, 0.2) is 11.5 Å². The van der Waals surface area contributed by atoms with Crippen LogP contribution in [0.4, 0.5) is 4.39 Å². The van der Waals surface area contributed by atoms with Crippen molar-refractivity contribution in [3.63, 3.8) is 0 Å². The molecular weight excluding hydrogens is 317 g/mol. The van der Waals surface area contributed by atoms with Gasteiger partial charge in [0.2, 0.25) is 5.91 Å². The number of hydrogen-bond acceptors (Lipinski definition) is 4. The summed E-state index contributed by atoms with van der Waals surface area (Å²) < 4.78 is 24.4. The van der Waals surface area contributed by atoms with Crippen molar-refractivity contribution in [2.75, 3.05) is 19.0 Å². The van der Waals surface area contributed by atoms with Gasteiger partial charge in [-0.05, 0) is 24.3 Å². The van der Waals surface area contributed by atoms with Crippen LogP contribution in [0, 0.1) is 5.82 Å². The number of rotatable bonds is 5. The van der Waals surface area contributed by atoms with E-state index in [1.165, 1.54) is 17.8 Å². The van der Waals surface area contributed by atoms with Crippen LogP contribution < -0.4 is 14.8 Å². The lowest BCUT2D eigenvalue weighted by molar-refractivity contribution is -0.118. The first-order valence-electron chi connectivity index (χ1n) is 7.25. The number of carbonyl (C=O) groups excluding carboxylic acids is 1. The number of ether oxygens (including phenoxy) is 2. The average molecular weight is 333 g/mol. The van der Waals surface area contributed by atoms with E-state index in [0.29, 0.717) is 24.5 Å². The number of hydrogen-bond donors (Lipinski definition) is 1. The minimum absolute atomic E-state index is 0.145. The van der Waals surface area contributed by atoms with E-state index in [1.54, 1.807) is 18.2 Å². The zero-order chi connectivity index (χ0) is 16.1. The number of thioether (sulfide) groups is 1. The van der Waals surface area contributed by atoms with Gasteiger partial charge >= 0.3 is 0 Å². The molecule has 23 heavy (non-hydrogen) atoms. The lowest BCUT2D eigenvalue weighted by Crippen LogP contribution is -2.25. The number of amides is 1. The topological polar surface area (TPSA) is 47.6 Å². The van der Waals surface area contributed by atoms with Crippen molar-refractivity contribution in [3.8, 4) is 11.5 Å². The Bertz CT molecular complexity index is 708. The predicted molar refractivity (Wildman–Crippen MR) is 86.4 cm³/mol. The molecule has 0 aliphatic carbocycles. The summed E-state index contributed by atoms with van der Waals surface area (Å²) in [5, 5.41) is 2.72. The molecule has 0 atom stereocenters. The van der Waals surface area contributed by atoms with E-state index >= 15 is 0 Å². The molecule has 0 saturated carbocycles. The highest BCUT2D eigenvalue weighted by molar-refractivity contribution is 8.00. The molecule has 0 radical (unpaired) electrons. The van der Waals surface area contributed by atoms with Gasteiger partial charge in [-0.1, -0.05) is 18.2 Å². The Balaban J connectivity index is 1.50. The summed E-state index contributed by atoms with van der Waals surface area (Å²) in [6.07, 6.45) is 0. The summed E-state index contributed by atoms with van der Waals surface area (Å²) in [5.41, 5.74) is 0.477. The normalized spacial score (nSPS) is 12.7. The Morgan fingerprint density at radius 2 is 1.91 bits per heavy atom. The monoisotopic (exact) mass is 333 g/mol. The molecule has 1 aliphatic heterocycles. The Morgan fingerprint density at radius 1 is 1.13 bits per heavy atom. The quantitative estimate of drug-likeness (QED) is 0.855. The van der Waals surface area contributed by atoms with E-state index in [1.807, 2.05) is 18.2 Å². The number of fused-ring (bicyclic) bond motifs is 1. The molecule has 0 aromatic heterocycles. The number of halogens is 1. The fraction of sp³-hybridized carbons (Fsp3) is 0.235. The molecule has 6 heteroatoms. The van der Waals surface area contributed by atoms with Gasteiger partial charge in [0, 0.05) is 17.0 Å². The van der Waals surface area contributed by atoms with E-state index in [2.05, 4.69) is 5.32 Å². The molecule has 120 valence electrons. The first-order valence-corrected chi connectivity index (χ1v) is 8.23. The highest BCUT2D eigenvalue weighted by atomic mass is 32.2. The van der Waals surface area contributed by atoms with E-state index in [4.69, 9.17) is 9.47 Å². The Hall–Kier alpha value is -2.21. The molecule has 0 fully saturated rings. The predicted octanol–water partition coefficient (Wildman–Crippen LogP) is 3.01. The van der Waals surface area contributed by atoms with Crippen LogP contribution in [-0.2, 0) is 11.3 Å². The minimum Gasteiger partial charge on any atom is -0.486 e. The second kappa shape index (κ2) is 7.37. The number of benzene rings is 2. The highest BCUT2D eigenvalue weighted by Gasteiger charge is 2.12. The summed E-state index contributed by atoms with van der Waals surface area (Å²) in [6, 6.07) is 12.0. The molecule has 4 nitrogen and oxygen atoms in total. The Labute approximate surface area is 138 Å². The van der Waals surface area contributed by atoms with Gasteiger partial charge in [-0.2, -0.15) is 0 Å². The maximum absolute atomic E-state index is 13.5. The number of nitrogens with one attached hydrogen (secondary N) is 1. The van der Waals surface area contributed by atoms with Crippen LogP contribution in [-0.4, -0.2) is 24.9 Å². The van der Waals surface area contributed by atoms with Gasteiger partial charge in [-0.15, -0.1) is 11.8 Å². The first kappa shape index (κ1) is 15.7. The molecule has 0 spiro atoms. The standard InChI is InChI=1S/C17H16FNO3S/c18-14-4-2-1-3-12(14)10-19-17(20)11-23-13-5-6-15-16(9-13)22-8-7-21-15/h1-6,9H,7-8,10-11H2,(H,19,20). The molecule has 1 N–H and O–H groups in total. The third-order valence-electron chi connectivity index (χ3n) is 3.32. The van der Waals surface area contributed by atoms with E-state index in [-0.39, 0.29) is 24.0 Å². The maximum Gasteiger partial charge on any atom is 0.230 e. The van der Waals surface area contributed by atoms with Crippen LogP contribution in [0.15, 0.2) is 47.4 Å². The van der Waals surface area contributed by atoms with Crippen molar-refractivity contribution in [3.05, 3.63) is 53.8 Å². The van der Waals surface area contributed by atoms with Crippen LogP contribution in [0.1, 0.15) is 5.56 Å². The van der Waals surface area contributed by atoms with Gasteiger partial charge in [-0.3, -0.25) is 4.79 Å². The lowest BCUT2D eigenvalue weighted by Gasteiger charge is -2.18. The summed E-state index contributed by atoms with van der Waals surface area (Å²) >= 11 is 1.40. The molecule has 2 aromatic carbocycles. The molecule has 1 aliphatic rings. The van der Waals surface area contributed by atoms with Gasteiger partial charge < -0.3 is 14.8 Å². The van der Waals surface area contributed by atoms with E-state index < -0.39 is 0 Å². The fourth-order valence-electron chi connectivity index (χ4n) is 2.15. The summed E-state index contributed by atoms with van der Waals surface area (Å²) in [4.78, 5) is 12.8. The second-order valence-electron chi connectivity index (χ2n) is 4.96. The Morgan fingerprint density at radius 3 is 2.74 bits per heavy atom. The zero-order valence-corrected chi connectivity index (χ0v) is 13.2. The van der Waals surface area contributed by atoms with Crippen LogP contribution in [0.2, 0.25) is 0 Å². The van der Waals surface area contributed by atoms with Crippen LogP contribution >= 0.6 is 11.8 Å². The van der Waals surface area contributed by atoms with E-state index in [0.717, 1.165) is 10.6 Å². The fourth-order valence-corrected chi connectivity index (χ4v) is 2.90. The summed E-state index contributed by atoms with van der Waals surface area (Å²) in [6.45, 7) is 1.27. The number of carbonyl (C=O) groups is 1. The van der Waals surface area contributed by atoms with Gasteiger partial charge in [0.25, 0.3) is 0 Å². The van der Waals surface area contributed by atoms with Gasteiger partial charge in [0.1, 0.15) is 19.0 Å². The van der Waals surface area contributed by atoms with Crippen molar-refractivity contribution in [2.24, 2.45) is 0 Å². The summed E-state index contributed by atoms with van der Waals surface area (Å²) in [7, 11) is 0.